The Kier molecular flexibility index (Phi) is 2.84. The summed E-state index contributed by atoms with van der Waals surface area (Å²) >= 11 is 0. The van der Waals surface area contributed by atoms with Crippen LogP contribution in [0.25, 0.3) is 0 Å². The van der Waals surface area contributed by atoms with Crippen LogP contribution in [-0.4, -0.2) is 15.6 Å². The minimum absolute atomic E-state index is 0.393. The zero-order valence-corrected chi connectivity index (χ0v) is 8.61. The van der Waals surface area contributed by atoms with Crippen molar-refractivity contribution >= 4 is 0 Å². The summed E-state index contributed by atoms with van der Waals surface area (Å²) in [6.45, 7) is 0. The van der Waals surface area contributed by atoms with Crippen molar-refractivity contribution in [3.63, 3.8) is 0 Å². The van der Waals surface area contributed by atoms with Crippen LogP contribution in [0.15, 0.2) is 12.4 Å². The number of aryl methyl sites for hydroxylation is 1. The Bertz CT molecular complexity index is 290. The van der Waals surface area contributed by atoms with Crippen LogP contribution in [-0.2, 0) is 13.5 Å². The lowest BCUT2D eigenvalue weighted by molar-refractivity contribution is 0.226. The van der Waals surface area contributed by atoms with Gasteiger partial charge in [-0.3, -0.25) is 11.3 Å². The molecule has 1 heterocycles. The van der Waals surface area contributed by atoms with Gasteiger partial charge in [-0.2, -0.15) is 0 Å². The van der Waals surface area contributed by atoms with Crippen molar-refractivity contribution in [1.82, 2.24) is 15.0 Å². The van der Waals surface area contributed by atoms with Crippen molar-refractivity contribution in [2.45, 2.75) is 31.7 Å². The van der Waals surface area contributed by atoms with Gasteiger partial charge in [-0.05, 0) is 18.8 Å². The molecular weight excluding hydrogens is 176 g/mol. The van der Waals surface area contributed by atoms with Gasteiger partial charge in [-0.15, -0.1) is 0 Å². The van der Waals surface area contributed by atoms with Gasteiger partial charge in [0.2, 0.25) is 0 Å². The van der Waals surface area contributed by atoms with Crippen molar-refractivity contribution in [3.8, 4) is 0 Å². The Hall–Kier alpha value is -0.870. The number of hydrogen-bond donors (Lipinski definition) is 2. The summed E-state index contributed by atoms with van der Waals surface area (Å²) in [5.41, 5.74) is 2.92. The molecule has 1 atom stereocenters. The molecule has 1 aliphatic carbocycles. The van der Waals surface area contributed by atoms with Crippen LogP contribution in [0, 0.1) is 5.92 Å². The zero-order chi connectivity index (χ0) is 9.97. The van der Waals surface area contributed by atoms with E-state index in [1.807, 2.05) is 19.4 Å². The molecular formula is C10H18N4. The average molecular weight is 194 g/mol. The highest BCUT2D eigenvalue weighted by atomic mass is 15.2. The third kappa shape index (κ3) is 1.81. The number of rotatable bonds is 4. The van der Waals surface area contributed by atoms with E-state index in [9.17, 15) is 0 Å². The number of aromatic nitrogens is 2. The van der Waals surface area contributed by atoms with Gasteiger partial charge in [0.05, 0.1) is 0 Å². The van der Waals surface area contributed by atoms with E-state index in [1.54, 1.807) is 0 Å². The van der Waals surface area contributed by atoms with Gasteiger partial charge in [0.1, 0.15) is 5.82 Å². The molecule has 1 aromatic heterocycles. The summed E-state index contributed by atoms with van der Waals surface area (Å²) in [4.78, 5) is 4.31. The van der Waals surface area contributed by atoms with E-state index in [0.29, 0.717) is 6.04 Å². The third-order valence-electron chi connectivity index (χ3n) is 3.26. The van der Waals surface area contributed by atoms with Crippen LogP contribution in [0.4, 0.5) is 0 Å². The summed E-state index contributed by atoms with van der Waals surface area (Å²) in [7, 11) is 2.02. The first-order chi connectivity index (χ1) is 6.81. The van der Waals surface area contributed by atoms with Crippen molar-refractivity contribution in [3.05, 3.63) is 18.2 Å². The molecule has 0 amide bonds. The third-order valence-corrected chi connectivity index (χ3v) is 3.26. The molecule has 1 aliphatic rings. The van der Waals surface area contributed by atoms with Crippen LogP contribution in [0.1, 0.15) is 25.1 Å². The fourth-order valence-corrected chi connectivity index (χ4v) is 1.99. The molecule has 1 fully saturated rings. The fraction of sp³-hybridized carbons (Fsp3) is 0.700. The second-order valence-electron chi connectivity index (χ2n) is 4.12. The number of nitrogens with two attached hydrogens (primary N) is 1. The molecule has 0 aliphatic heterocycles. The van der Waals surface area contributed by atoms with E-state index in [0.717, 1.165) is 18.2 Å². The predicted molar refractivity (Wildman–Crippen MR) is 55.4 cm³/mol. The normalized spacial score (nSPS) is 19.3. The fourth-order valence-electron chi connectivity index (χ4n) is 1.99. The quantitative estimate of drug-likeness (QED) is 0.545. The number of hydrogen-bond acceptors (Lipinski definition) is 3. The molecule has 0 spiro atoms. The molecule has 1 saturated carbocycles. The molecule has 0 radical (unpaired) electrons. The summed E-state index contributed by atoms with van der Waals surface area (Å²) in [6.07, 6.45) is 8.71. The van der Waals surface area contributed by atoms with E-state index in [1.165, 1.54) is 19.3 Å². The maximum Gasteiger partial charge on any atom is 0.109 e. The number of hydrazine groups is 1. The minimum Gasteiger partial charge on any atom is -0.338 e. The van der Waals surface area contributed by atoms with Crippen molar-refractivity contribution < 1.29 is 0 Å². The summed E-state index contributed by atoms with van der Waals surface area (Å²) in [6, 6.07) is 0.393. The van der Waals surface area contributed by atoms with E-state index >= 15 is 0 Å². The van der Waals surface area contributed by atoms with Crippen molar-refractivity contribution in [2.24, 2.45) is 18.8 Å². The molecule has 1 unspecified atom stereocenters. The minimum atomic E-state index is 0.393. The lowest BCUT2D eigenvalue weighted by Gasteiger charge is -2.33. The van der Waals surface area contributed by atoms with E-state index in [2.05, 4.69) is 15.0 Å². The molecule has 0 aromatic carbocycles. The van der Waals surface area contributed by atoms with Gasteiger partial charge in [0, 0.05) is 31.9 Å². The highest BCUT2D eigenvalue weighted by molar-refractivity contribution is 4.96. The Labute approximate surface area is 84.5 Å². The van der Waals surface area contributed by atoms with Crippen LogP contribution >= 0.6 is 0 Å². The SMILES string of the molecule is Cn1ccnc1CC(NN)C1CCC1. The number of nitrogens with one attached hydrogen (secondary N) is 1. The maximum absolute atomic E-state index is 5.56. The highest BCUT2D eigenvalue weighted by Gasteiger charge is 2.27. The van der Waals surface area contributed by atoms with Crippen LogP contribution in [0.5, 0.6) is 0 Å². The molecule has 0 saturated heterocycles. The molecule has 4 nitrogen and oxygen atoms in total. The van der Waals surface area contributed by atoms with Gasteiger partial charge >= 0.3 is 0 Å². The first-order valence-electron chi connectivity index (χ1n) is 5.23. The standard InChI is InChI=1S/C10H18N4/c1-14-6-5-12-10(14)7-9(13-11)8-3-2-4-8/h5-6,8-9,13H,2-4,7,11H2,1H3. The Morgan fingerprint density at radius 3 is 2.93 bits per heavy atom. The Balaban J connectivity index is 1.97. The van der Waals surface area contributed by atoms with Gasteiger partial charge in [-0.1, -0.05) is 6.42 Å². The summed E-state index contributed by atoms with van der Waals surface area (Å²) < 4.78 is 2.06. The Morgan fingerprint density at radius 1 is 1.71 bits per heavy atom. The van der Waals surface area contributed by atoms with Gasteiger partial charge < -0.3 is 4.57 Å². The highest BCUT2D eigenvalue weighted by Crippen LogP contribution is 2.30. The lowest BCUT2D eigenvalue weighted by atomic mass is 9.79. The molecule has 2 rings (SSSR count). The van der Waals surface area contributed by atoms with Gasteiger partial charge in [0.15, 0.2) is 0 Å². The van der Waals surface area contributed by atoms with Crippen molar-refractivity contribution in [1.29, 1.82) is 0 Å². The molecule has 3 N–H and O–H groups in total. The smallest absolute Gasteiger partial charge is 0.109 e. The molecule has 0 bridgehead atoms. The second kappa shape index (κ2) is 4.11. The molecule has 78 valence electrons. The largest absolute Gasteiger partial charge is 0.338 e. The van der Waals surface area contributed by atoms with E-state index < -0.39 is 0 Å². The first kappa shape index (κ1) is 9.68. The molecule has 14 heavy (non-hydrogen) atoms. The predicted octanol–water partition coefficient (Wildman–Crippen LogP) is 0.595. The van der Waals surface area contributed by atoms with Crippen molar-refractivity contribution in [2.75, 3.05) is 0 Å². The first-order valence-corrected chi connectivity index (χ1v) is 5.23. The monoisotopic (exact) mass is 194 g/mol. The maximum atomic E-state index is 5.56. The van der Waals surface area contributed by atoms with Gasteiger partial charge in [0.25, 0.3) is 0 Å². The molecule has 1 aromatic rings. The average Bonchev–Trinajstić information content (AvgIpc) is 2.47. The zero-order valence-electron chi connectivity index (χ0n) is 8.61. The number of nitrogens with zero attached hydrogens (tertiary/aromatic N) is 2. The van der Waals surface area contributed by atoms with Crippen LogP contribution < -0.4 is 11.3 Å². The summed E-state index contributed by atoms with van der Waals surface area (Å²) in [5, 5.41) is 0. The molecule has 4 heteroatoms. The Morgan fingerprint density at radius 2 is 2.50 bits per heavy atom. The number of imidazole rings is 1. The van der Waals surface area contributed by atoms with E-state index in [4.69, 9.17) is 5.84 Å². The summed E-state index contributed by atoms with van der Waals surface area (Å²) in [5.74, 6) is 7.42. The van der Waals surface area contributed by atoms with E-state index in [-0.39, 0.29) is 0 Å². The van der Waals surface area contributed by atoms with Crippen LogP contribution in [0.3, 0.4) is 0 Å². The van der Waals surface area contributed by atoms with Crippen LogP contribution in [0.2, 0.25) is 0 Å². The van der Waals surface area contributed by atoms with Gasteiger partial charge in [-0.25, -0.2) is 4.98 Å². The topological polar surface area (TPSA) is 55.9 Å². The second-order valence-corrected chi connectivity index (χ2v) is 4.12. The lowest BCUT2D eigenvalue weighted by Crippen LogP contribution is -2.45.